The van der Waals surface area contributed by atoms with Crippen LogP contribution < -0.4 is 0 Å². The lowest BCUT2D eigenvalue weighted by molar-refractivity contribution is 0.0994. The fraction of sp³-hybridized carbons (Fsp3) is 0.364. The van der Waals surface area contributed by atoms with E-state index in [1.807, 2.05) is 32.0 Å². The first-order valence-corrected chi connectivity index (χ1v) is 6.44. The minimum atomic E-state index is -0.124. The van der Waals surface area contributed by atoms with Gasteiger partial charge in [0.2, 0.25) is 0 Å². The molecule has 1 aromatic rings. The van der Waals surface area contributed by atoms with E-state index < -0.39 is 0 Å². The number of aryl methyl sites for hydroxylation is 1. The second-order valence-electron chi connectivity index (χ2n) is 3.22. The lowest BCUT2D eigenvalue weighted by Gasteiger charge is -2.10. The van der Waals surface area contributed by atoms with Crippen molar-refractivity contribution >= 4 is 37.6 Å². The molecule has 1 nitrogen and oxygen atoms in total. The summed E-state index contributed by atoms with van der Waals surface area (Å²) in [6.07, 6.45) is 0. The Kier molecular flexibility index (Phi) is 4.32. The molecule has 0 fully saturated rings. The summed E-state index contributed by atoms with van der Waals surface area (Å²) in [5.41, 5.74) is 2.94. The van der Waals surface area contributed by atoms with Crippen molar-refractivity contribution in [1.82, 2.24) is 0 Å². The highest BCUT2D eigenvalue weighted by atomic mass is 79.9. The highest BCUT2D eigenvalue weighted by Gasteiger charge is 2.17. The number of carbonyl (C=O) groups is 1. The zero-order valence-electron chi connectivity index (χ0n) is 8.18. The topological polar surface area (TPSA) is 17.1 Å². The Morgan fingerprint density at radius 1 is 1.50 bits per heavy atom. The zero-order chi connectivity index (χ0) is 10.7. The van der Waals surface area contributed by atoms with Crippen LogP contribution in [0, 0.1) is 6.92 Å². The minimum Gasteiger partial charge on any atom is -0.293 e. The van der Waals surface area contributed by atoms with E-state index in [2.05, 4.69) is 31.9 Å². The van der Waals surface area contributed by atoms with Crippen molar-refractivity contribution in [3.05, 3.63) is 34.9 Å². The third-order valence-electron chi connectivity index (χ3n) is 2.11. The largest absolute Gasteiger partial charge is 0.293 e. The van der Waals surface area contributed by atoms with Crippen molar-refractivity contribution in [2.75, 3.05) is 0 Å². The van der Waals surface area contributed by atoms with Gasteiger partial charge in [0.25, 0.3) is 0 Å². The first kappa shape index (κ1) is 11.9. The Bertz CT molecular complexity index is 345. The SMILES string of the molecule is Cc1cccc(CBr)c1C(=O)C(C)Br. The second-order valence-corrected chi connectivity index (χ2v) is 5.16. The van der Waals surface area contributed by atoms with E-state index >= 15 is 0 Å². The number of ketones is 1. The van der Waals surface area contributed by atoms with Gasteiger partial charge in [-0.15, -0.1) is 0 Å². The smallest absolute Gasteiger partial charge is 0.176 e. The quantitative estimate of drug-likeness (QED) is 0.611. The van der Waals surface area contributed by atoms with Crippen LogP contribution in [0.15, 0.2) is 18.2 Å². The van der Waals surface area contributed by atoms with Gasteiger partial charge in [-0.1, -0.05) is 50.1 Å². The molecule has 0 aliphatic heterocycles. The minimum absolute atomic E-state index is 0.124. The van der Waals surface area contributed by atoms with Gasteiger partial charge in [0.05, 0.1) is 4.83 Å². The van der Waals surface area contributed by atoms with Gasteiger partial charge in [0.15, 0.2) is 5.78 Å². The van der Waals surface area contributed by atoms with E-state index in [9.17, 15) is 4.79 Å². The molecule has 0 spiro atoms. The van der Waals surface area contributed by atoms with Crippen LogP contribution in [0.4, 0.5) is 0 Å². The average Bonchev–Trinajstić information content (AvgIpc) is 2.16. The highest BCUT2D eigenvalue weighted by molar-refractivity contribution is 9.10. The molecule has 0 saturated heterocycles. The summed E-state index contributed by atoms with van der Waals surface area (Å²) in [5, 5.41) is 0.718. The number of rotatable bonds is 3. The number of Topliss-reactive ketones (excluding diaryl/α,β-unsaturated/α-hetero) is 1. The Morgan fingerprint density at radius 3 is 2.64 bits per heavy atom. The molecule has 0 aromatic heterocycles. The molecular formula is C11H12Br2O. The fourth-order valence-corrected chi connectivity index (χ4v) is 2.09. The predicted octanol–water partition coefficient (Wildman–Crippen LogP) is 3.86. The van der Waals surface area contributed by atoms with Crippen LogP contribution in [0.3, 0.4) is 0 Å². The molecule has 1 atom stereocenters. The maximum atomic E-state index is 11.9. The molecule has 1 aromatic carbocycles. The van der Waals surface area contributed by atoms with E-state index in [1.165, 1.54) is 0 Å². The van der Waals surface area contributed by atoms with Crippen LogP contribution in [-0.4, -0.2) is 10.6 Å². The van der Waals surface area contributed by atoms with Gasteiger partial charge in [-0.2, -0.15) is 0 Å². The number of benzene rings is 1. The van der Waals surface area contributed by atoms with Crippen molar-refractivity contribution in [3.63, 3.8) is 0 Å². The van der Waals surface area contributed by atoms with Crippen molar-refractivity contribution < 1.29 is 4.79 Å². The van der Waals surface area contributed by atoms with Gasteiger partial charge in [0, 0.05) is 10.9 Å². The molecule has 0 amide bonds. The van der Waals surface area contributed by atoms with Crippen molar-refractivity contribution in [3.8, 4) is 0 Å². The maximum absolute atomic E-state index is 11.9. The van der Waals surface area contributed by atoms with Crippen LogP contribution in [0.1, 0.15) is 28.4 Å². The van der Waals surface area contributed by atoms with Crippen LogP contribution in [0.5, 0.6) is 0 Å². The summed E-state index contributed by atoms with van der Waals surface area (Å²) in [6.45, 7) is 3.82. The molecule has 1 rings (SSSR count). The highest BCUT2D eigenvalue weighted by Crippen LogP contribution is 2.20. The van der Waals surface area contributed by atoms with Crippen LogP contribution in [0.2, 0.25) is 0 Å². The number of hydrogen-bond donors (Lipinski definition) is 0. The van der Waals surface area contributed by atoms with Crippen molar-refractivity contribution in [1.29, 1.82) is 0 Å². The monoisotopic (exact) mass is 318 g/mol. The molecule has 0 saturated carbocycles. The van der Waals surface area contributed by atoms with Gasteiger partial charge in [-0.3, -0.25) is 4.79 Å². The lowest BCUT2D eigenvalue weighted by Crippen LogP contribution is -2.13. The van der Waals surface area contributed by atoms with Crippen molar-refractivity contribution in [2.45, 2.75) is 24.0 Å². The van der Waals surface area contributed by atoms with E-state index in [0.29, 0.717) is 0 Å². The molecule has 0 aliphatic rings. The number of hydrogen-bond acceptors (Lipinski definition) is 1. The number of alkyl halides is 2. The third-order valence-corrected chi connectivity index (χ3v) is 3.13. The van der Waals surface area contributed by atoms with E-state index in [1.54, 1.807) is 0 Å². The van der Waals surface area contributed by atoms with Gasteiger partial charge < -0.3 is 0 Å². The molecule has 0 aliphatic carbocycles. The molecular weight excluding hydrogens is 308 g/mol. The molecule has 0 radical (unpaired) electrons. The maximum Gasteiger partial charge on any atom is 0.176 e. The van der Waals surface area contributed by atoms with Gasteiger partial charge in [0.1, 0.15) is 0 Å². The molecule has 1 unspecified atom stereocenters. The molecule has 0 N–H and O–H groups in total. The predicted molar refractivity (Wildman–Crippen MR) is 66.5 cm³/mol. The summed E-state index contributed by atoms with van der Waals surface area (Å²) in [7, 11) is 0. The van der Waals surface area contributed by atoms with Gasteiger partial charge in [-0.25, -0.2) is 0 Å². The molecule has 3 heteroatoms. The second kappa shape index (κ2) is 5.08. The van der Waals surface area contributed by atoms with Crippen LogP contribution in [0.25, 0.3) is 0 Å². The average molecular weight is 320 g/mol. The van der Waals surface area contributed by atoms with Crippen LogP contribution in [-0.2, 0) is 5.33 Å². The summed E-state index contributed by atoms with van der Waals surface area (Å²) in [4.78, 5) is 11.8. The zero-order valence-corrected chi connectivity index (χ0v) is 11.4. The Balaban J connectivity index is 3.23. The van der Waals surface area contributed by atoms with Crippen molar-refractivity contribution in [2.24, 2.45) is 0 Å². The fourth-order valence-electron chi connectivity index (χ4n) is 1.39. The molecule has 76 valence electrons. The Morgan fingerprint density at radius 2 is 2.14 bits per heavy atom. The van der Waals surface area contributed by atoms with E-state index in [4.69, 9.17) is 0 Å². The summed E-state index contributed by atoms with van der Waals surface area (Å²) in [5.74, 6) is 0.151. The first-order chi connectivity index (χ1) is 6.57. The Hall–Kier alpha value is -0.150. The summed E-state index contributed by atoms with van der Waals surface area (Å²) < 4.78 is 0. The summed E-state index contributed by atoms with van der Waals surface area (Å²) >= 11 is 6.70. The number of carbonyl (C=O) groups excluding carboxylic acids is 1. The third kappa shape index (κ3) is 2.45. The standard InChI is InChI=1S/C11H12Br2O/c1-7-4-3-5-9(6-12)10(7)11(14)8(2)13/h3-5,8H,6H2,1-2H3. The van der Waals surface area contributed by atoms with E-state index in [-0.39, 0.29) is 10.6 Å². The van der Waals surface area contributed by atoms with Crippen LogP contribution >= 0.6 is 31.9 Å². The summed E-state index contributed by atoms with van der Waals surface area (Å²) in [6, 6.07) is 5.92. The molecule has 0 bridgehead atoms. The first-order valence-electron chi connectivity index (χ1n) is 4.40. The molecule has 0 heterocycles. The van der Waals surface area contributed by atoms with Gasteiger partial charge in [-0.05, 0) is 25.0 Å². The van der Waals surface area contributed by atoms with E-state index in [0.717, 1.165) is 22.0 Å². The Labute approximate surface area is 101 Å². The van der Waals surface area contributed by atoms with Gasteiger partial charge >= 0.3 is 0 Å². The molecule has 14 heavy (non-hydrogen) atoms. The number of halogens is 2. The normalized spacial score (nSPS) is 12.6. The lowest BCUT2D eigenvalue weighted by atomic mass is 9.98.